The first kappa shape index (κ1) is 15.7. The van der Waals surface area contributed by atoms with Crippen molar-refractivity contribution in [2.24, 2.45) is 0 Å². The third kappa shape index (κ3) is 3.28. The number of hydrogen-bond donors (Lipinski definition) is 0. The first-order valence-electron chi connectivity index (χ1n) is 7.10. The lowest BCUT2D eigenvalue weighted by Gasteiger charge is -2.18. The first-order chi connectivity index (χ1) is 11.2. The van der Waals surface area contributed by atoms with Gasteiger partial charge in [0.25, 0.3) is 5.91 Å². The smallest absolute Gasteiger partial charge is 0.270 e. The normalized spacial score (nSPS) is 16.2. The molecule has 1 fully saturated rings. The molecule has 0 aliphatic carbocycles. The van der Waals surface area contributed by atoms with E-state index in [1.807, 2.05) is 43.3 Å². The number of rotatable bonds is 4. The minimum absolute atomic E-state index is 0.143. The molecule has 2 heterocycles. The number of anilines is 1. The number of hydrogen-bond acceptors (Lipinski definition) is 5. The fourth-order valence-electron chi connectivity index (χ4n) is 2.21. The maximum Gasteiger partial charge on any atom is 0.270 e. The minimum atomic E-state index is -0.143. The number of benzene rings is 1. The highest BCUT2D eigenvalue weighted by Gasteiger charge is 2.34. The van der Waals surface area contributed by atoms with Crippen molar-refractivity contribution in [3.8, 4) is 5.75 Å². The van der Waals surface area contributed by atoms with E-state index in [4.69, 9.17) is 17.0 Å². The zero-order valence-electron chi connectivity index (χ0n) is 12.4. The molecule has 0 radical (unpaired) electrons. The Morgan fingerprint density at radius 2 is 2.13 bits per heavy atom. The number of thioether (sulfide) groups is 1. The Morgan fingerprint density at radius 3 is 2.87 bits per heavy atom. The van der Waals surface area contributed by atoms with Gasteiger partial charge in [0.15, 0.2) is 4.32 Å². The van der Waals surface area contributed by atoms with E-state index < -0.39 is 0 Å². The van der Waals surface area contributed by atoms with Crippen molar-refractivity contribution >= 4 is 46.0 Å². The van der Waals surface area contributed by atoms with Gasteiger partial charge < -0.3 is 4.74 Å². The third-order valence-electron chi connectivity index (χ3n) is 3.18. The molecule has 1 aliphatic rings. The van der Waals surface area contributed by atoms with Crippen LogP contribution in [0.1, 0.15) is 12.5 Å². The molecular weight excluding hydrogens is 328 g/mol. The van der Waals surface area contributed by atoms with Gasteiger partial charge in [0.2, 0.25) is 0 Å². The summed E-state index contributed by atoms with van der Waals surface area (Å²) in [5, 5.41) is 0. The fraction of sp³-hybridized carbons (Fsp3) is 0.118. The Kier molecular flexibility index (Phi) is 4.73. The Hall–Kier alpha value is -2.18. The lowest BCUT2D eigenvalue weighted by Crippen LogP contribution is -2.28. The summed E-state index contributed by atoms with van der Waals surface area (Å²) in [6, 6.07) is 11.1. The van der Waals surface area contributed by atoms with Crippen LogP contribution >= 0.6 is 24.0 Å². The molecule has 23 heavy (non-hydrogen) atoms. The summed E-state index contributed by atoms with van der Waals surface area (Å²) >= 11 is 6.68. The van der Waals surface area contributed by atoms with E-state index in [1.165, 1.54) is 16.7 Å². The van der Waals surface area contributed by atoms with Crippen LogP contribution in [0, 0.1) is 0 Å². The number of nitrogens with zero attached hydrogens (tertiary/aromatic N) is 2. The third-order valence-corrected chi connectivity index (χ3v) is 4.48. The lowest BCUT2D eigenvalue weighted by atomic mass is 10.2. The molecule has 2 aromatic rings. The Labute approximate surface area is 144 Å². The van der Waals surface area contributed by atoms with E-state index in [2.05, 4.69) is 4.98 Å². The number of carbonyl (C=O) groups excluding carboxylic acids is 1. The van der Waals surface area contributed by atoms with Crippen LogP contribution in [0.25, 0.3) is 6.08 Å². The van der Waals surface area contributed by atoms with Crippen molar-refractivity contribution in [1.29, 1.82) is 0 Å². The van der Waals surface area contributed by atoms with Crippen molar-refractivity contribution in [3.63, 3.8) is 0 Å². The van der Waals surface area contributed by atoms with Gasteiger partial charge in [-0.1, -0.05) is 42.2 Å². The van der Waals surface area contributed by atoms with Crippen molar-refractivity contribution < 1.29 is 9.53 Å². The Bertz CT molecular complexity index is 775. The summed E-state index contributed by atoms with van der Waals surface area (Å²) in [6.07, 6.45) is 5.21. The molecule has 0 N–H and O–H groups in total. The lowest BCUT2D eigenvalue weighted by molar-refractivity contribution is -0.113. The SMILES string of the molecule is CCOc1ccccc1N1C(=O)/C(=C/c2cccnc2)SC1=S. The summed E-state index contributed by atoms with van der Waals surface area (Å²) in [7, 11) is 0. The molecule has 0 spiro atoms. The quantitative estimate of drug-likeness (QED) is 0.623. The molecule has 0 saturated carbocycles. The molecule has 6 heteroatoms. The zero-order chi connectivity index (χ0) is 16.2. The molecule has 0 unspecified atom stereocenters. The molecule has 1 amide bonds. The summed E-state index contributed by atoms with van der Waals surface area (Å²) in [5.74, 6) is 0.505. The number of aromatic nitrogens is 1. The molecule has 1 saturated heterocycles. The van der Waals surface area contributed by atoms with Crippen LogP contribution in [0.5, 0.6) is 5.75 Å². The van der Waals surface area contributed by atoms with Gasteiger partial charge in [-0.15, -0.1) is 0 Å². The average Bonchev–Trinajstić information content (AvgIpc) is 2.83. The predicted octanol–water partition coefficient (Wildman–Crippen LogP) is 3.89. The first-order valence-corrected chi connectivity index (χ1v) is 8.33. The van der Waals surface area contributed by atoms with Crippen LogP contribution in [0.2, 0.25) is 0 Å². The van der Waals surface area contributed by atoms with Crippen LogP contribution in [-0.2, 0) is 4.79 Å². The van der Waals surface area contributed by atoms with Gasteiger partial charge in [-0.2, -0.15) is 0 Å². The molecule has 0 atom stereocenters. The van der Waals surface area contributed by atoms with E-state index in [-0.39, 0.29) is 5.91 Å². The Morgan fingerprint density at radius 1 is 1.30 bits per heavy atom. The maximum atomic E-state index is 12.8. The number of pyridine rings is 1. The van der Waals surface area contributed by atoms with E-state index in [1.54, 1.807) is 18.5 Å². The molecule has 3 rings (SSSR count). The van der Waals surface area contributed by atoms with E-state index in [0.29, 0.717) is 27.3 Å². The van der Waals surface area contributed by atoms with Gasteiger partial charge in [0.05, 0.1) is 17.2 Å². The van der Waals surface area contributed by atoms with Crippen LogP contribution in [0.3, 0.4) is 0 Å². The van der Waals surface area contributed by atoms with Crippen LogP contribution in [0.15, 0.2) is 53.7 Å². The van der Waals surface area contributed by atoms with Crippen molar-refractivity contribution in [2.75, 3.05) is 11.5 Å². The molecule has 1 aromatic heterocycles. The standard InChI is InChI=1S/C17H14N2O2S2/c1-2-21-14-8-4-3-7-13(14)19-16(20)15(23-17(19)22)10-12-6-5-9-18-11-12/h3-11H,2H2,1H3/b15-10-. The van der Waals surface area contributed by atoms with E-state index in [9.17, 15) is 4.79 Å². The zero-order valence-corrected chi connectivity index (χ0v) is 14.1. The van der Waals surface area contributed by atoms with E-state index in [0.717, 1.165) is 5.56 Å². The predicted molar refractivity (Wildman–Crippen MR) is 97.5 cm³/mol. The molecule has 1 aliphatic heterocycles. The fourth-order valence-corrected chi connectivity index (χ4v) is 3.49. The molecule has 0 bridgehead atoms. The van der Waals surface area contributed by atoms with Crippen molar-refractivity contribution in [3.05, 3.63) is 59.3 Å². The highest BCUT2D eigenvalue weighted by molar-refractivity contribution is 8.27. The average molecular weight is 342 g/mol. The summed E-state index contributed by atoms with van der Waals surface area (Å²) in [6.45, 7) is 2.43. The van der Waals surface area contributed by atoms with E-state index >= 15 is 0 Å². The summed E-state index contributed by atoms with van der Waals surface area (Å²) in [4.78, 5) is 18.9. The molecule has 4 nitrogen and oxygen atoms in total. The highest BCUT2D eigenvalue weighted by atomic mass is 32.2. The number of ether oxygens (including phenoxy) is 1. The number of amides is 1. The number of para-hydroxylation sites is 2. The second kappa shape index (κ2) is 6.93. The molecular formula is C17H14N2O2S2. The second-order valence-corrected chi connectivity index (χ2v) is 6.38. The molecule has 1 aromatic carbocycles. The Balaban J connectivity index is 1.95. The van der Waals surface area contributed by atoms with Crippen molar-refractivity contribution in [1.82, 2.24) is 4.98 Å². The molecule has 116 valence electrons. The summed E-state index contributed by atoms with van der Waals surface area (Å²) < 4.78 is 6.10. The monoisotopic (exact) mass is 342 g/mol. The van der Waals surface area contributed by atoms with Gasteiger partial charge in [-0.25, -0.2) is 0 Å². The van der Waals surface area contributed by atoms with Gasteiger partial charge in [-0.3, -0.25) is 14.7 Å². The van der Waals surface area contributed by atoms with Crippen LogP contribution < -0.4 is 9.64 Å². The van der Waals surface area contributed by atoms with Gasteiger partial charge in [0.1, 0.15) is 5.75 Å². The summed E-state index contributed by atoms with van der Waals surface area (Å²) in [5.41, 5.74) is 1.54. The second-order valence-electron chi connectivity index (χ2n) is 4.70. The minimum Gasteiger partial charge on any atom is -0.492 e. The highest BCUT2D eigenvalue weighted by Crippen LogP contribution is 2.39. The van der Waals surface area contributed by atoms with Gasteiger partial charge in [0, 0.05) is 12.4 Å². The van der Waals surface area contributed by atoms with Gasteiger partial charge >= 0.3 is 0 Å². The van der Waals surface area contributed by atoms with Crippen LogP contribution in [-0.4, -0.2) is 21.8 Å². The number of thiocarbonyl (C=S) groups is 1. The maximum absolute atomic E-state index is 12.8. The number of carbonyl (C=O) groups is 1. The largest absolute Gasteiger partial charge is 0.492 e. The van der Waals surface area contributed by atoms with Crippen LogP contribution in [0.4, 0.5) is 5.69 Å². The van der Waals surface area contributed by atoms with Crippen molar-refractivity contribution in [2.45, 2.75) is 6.92 Å². The van der Waals surface area contributed by atoms with Gasteiger partial charge in [-0.05, 0) is 36.8 Å². The topological polar surface area (TPSA) is 42.4 Å².